The quantitative estimate of drug-likeness (QED) is 0.420. The highest BCUT2D eigenvalue weighted by atomic mass is 16.6. The van der Waals surface area contributed by atoms with Crippen molar-refractivity contribution in [3.05, 3.63) is 75.5 Å². The summed E-state index contributed by atoms with van der Waals surface area (Å²) in [6.07, 6.45) is 5.30. The molecule has 0 saturated carbocycles. The summed E-state index contributed by atoms with van der Waals surface area (Å²) < 4.78 is 0. The minimum atomic E-state index is -0.364. The molecule has 0 unspecified atom stereocenters. The highest BCUT2D eigenvalue weighted by Crippen LogP contribution is 2.28. The number of benzene rings is 1. The lowest BCUT2D eigenvalue weighted by molar-refractivity contribution is -0.384. The maximum Gasteiger partial charge on any atom is 0.311 e. The first-order valence-corrected chi connectivity index (χ1v) is 11.1. The molecule has 2 aliphatic rings. The Morgan fingerprint density at radius 3 is 2.62 bits per heavy atom. The molecule has 7 heteroatoms. The van der Waals surface area contributed by atoms with Gasteiger partial charge in [0.2, 0.25) is 5.82 Å². The molecule has 7 nitrogen and oxygen atoms in total. The van der Waals surface area contributed by atoms with Gasteiger partial charge in [-0.3, -0.25) is 15.0 Å². The number of piperazine rings is 1. The number of hydrogen-bond acceptors (Lipinski definition) is 6. The number of pyridine rings is 1. The molecule has 4 rings (SSSR count). The first kappa shape index (κ1) is 22.0. The van der Waals surface area contributed by atoms with Crippen LogP contribution in [-0.4, -0.2) is 66.0 Å². The molecular weight excluding hydrogens is 402 g/mol. The molecule has 0 radical (unpaired) electrons. The van der Waals surface area contributed by atoms with E-state index in [9.17, 15) is 10.1 Å². The van der Waals surface area contributed by atoms with Crippen molar-refractivity contribution < 1.29 is 4.92 Å². The molecule has 2 aromatic rings. The fourth-order valence-corrected chi connectivity index (χ4v) is 4.16. The Labute approximate surface area is 189 Å². The molecule has 2 aliphatic heterocycles. The number of piperidine rings is 1. The highest BCUT2D eigenvalue weighted by molar-refractivity contribution is 5.58. The summed E-state index contributed by atoms with van der Waals surface area (Å²) in [6, 6.07) is 11.6. The van der Waals surface area contributed by atoms with Crippen LogP contribution in [0.3, 0.4) is 0 Å². The van der Waals surface area contributed by atoms with Crippen molar-refractivity contribution in [2.75, 3.05) is 51.2 Å². The molecule has 2 fully saturated rings. The number of nitro groups is 1. The van der Waals surface area contributed by atoms with E-state index in [0.717, 1.165) is 51.1 Å². The number of rotatable bonds is 4. The van der Waals surface area contributed by atoms with Gasteiger partial charge < -0.3 is 9.80 Å². The lowest BCUT2D eigenvalue weighted by atomic mass is 10.0. The summed E-state index contributed by atoms with van der Waals surface area (Å²) in [7, 11) is 2.17. The standard InChI is InChI=1S/C25H29N5O2/c1-27-15-17-28(18-16-27)20-23-8-3-7-22(19-23)6-2-5-21-10-13-29(14-11-21)25-24(30(31)32)9-4-12-26-25/h3-5,7-9,12,19H,10-11,13-18,20H2,1H3. The maximum absolute atomic E-state index is 11.3. The second-order valence-electron chi connectivity index (χ2n) is 8.44. The molecule has 0 bridgehead atoms. The minimum Gasteiger partial charge on any atom is -0.350 e. The Bertz CT molecular complexity index is 1040. The van der Waals surface area contributed by atoms with Crippen molar-refractivity contribution in [2.45, 2.75) is 19.4 Å². The van der Waals surface area contributed by atoms with Crippen molar-refractivity contribution in [3.63, 3.8) is 0 Å². The number of aromatic nitrogens is 1. The van der Waals surface area contributed by atoms with Gasteiger partial charge in [0.05, 0.1) is 4.92 Å². The van der Waals surface area contributed by atoms with Crippen molar-refractivity contribution in [1.29, 1.82) is 0 Å². The number of hydrogen-bond donors (Lipinski definition) is 0. The van der Waals surface area contributed by atoms with Crippen LogP contribution in [0.15, 0.2) is 54.2 Å². The highest BCUT2D eigenvalue weighted by Gasteiger charge is 2.23. The Hall–Kier alpha value is -3.21. The van der Waals surface area contributed by atoms with Gasteiger partial charge in [0.25, 0.3) is 0 Å². The number of anilines is 1. The van der Waals surface area contributed by atoms with E-state index in [1.54, 1.807) is 12.3 Å². The lowest BCUT2D eigenvalue weighted by Gasteiger charge is -2.32. The molecule has 0 amide bonds. The molecular formula is C25H29N5O2. The normalized spacial score (nSPS) is 17.5. The van der Waals surface area contributed by atoms with Crippen LogP contribution < -0.4 is 4.90 Å². The molecule has 1 aromatic heterocycles. The summed E-state index contributed by atoms with van der Waals surface area (Å²) in [5, 5.41) is 11.3. The van der Waals surface area contributed by atoms with Crippen LogP contribution in [0, 0.1) is 22.0 Å². The van der Waals surface area contributed by atoms with Crippen molar-refractivity contribution in [3.8, 4) is 11.8 Å². The Kier molecular flexibility index (Phi) is 7.15. The topological polar surface area (TPSA) is 65.8 Å². The van der Waals surface area contributed by atoms with E-state index >= 15 is 0 Å². The van der Waals surface area contributed by atoms with Gasteiger partial charge in [-0.2, -0.15) is 0 Å². The van der Waals surface area contributed by atoms with Crippen LogP contribution in [0.1, 0.15) is 24.0 Å². The fourth-order valence-electron chi connectivity index (χ4n) is 4.16. The van der Waals surface area contributed by atoms with Crippen LogP contribution in [0.5, 0.6) is 0 Å². The third kappa shape index (κ3) is 5.72. The first-order valence-electron chi connectivity index (χ1n) is 11.1. The monoisotopic (exact) mass is 431 g/mol. The molecule has 0 spiro atoms. The average Bonchev–Trinajstić information content (AvgIpc) is 2.81. The van der Waals surface area contributed by atoms with Crippen LogP contribution in [0.4, 0.5) is 11.5 Å². The van der Waals surface area contributed by atoms with Crippen LogP contribution >= 0.6 is 0 Å². The van der Waals surface area contributed by atoms with E-state index in [-0.39, 0.29) is 10.6 Å². The first-order chi connectivity index (χ1) is 15.6. The smallest absolute Gasteiger partial charge is 0.311 e. The molecule has 1 aromatic carbocycles. The summed E-state index contributed by atoms with van der Waals surface area (Å²) in [4.78, 5) is 22.0. The number of nitrogens with zero attached hydrogens (tertiary/aromatic N) is 5. The Morgan fingerprint density at radius 2 is 1.88 bits per heavy atom. The molecule has 2 saturated heterocycles. The van der Waals surface area contributed by atoms with Gasteiger partial charge in [0, 0.05) is 63.6 Å². The van der Waals surface area contributed by atoms with Crippen molar-refractivity contribution in [2.24, 2.45) is 0 Å². The fraction of sp³-hybridized carbons (Fsp3) is 0.400. The number of allylic oxidation sites excluding steroid dienone is 1. The largest absolute Gasteiger partial charge is 0.350 e. The van der Waals surface area contributed by atoms with Crippen LogP contribution in [0.2, 0.25) is 0 Å². The van der Waals surface area contributed by atoms with Gasteiger partial charge in [-0.15, -0.1) is 0 Å². The third-order valence-corrected chi connectivity index (χ3v) is 6.09. The van der Waals surface area contributed by atoms with Crippen LogP contribution in [0.25, 0.3) is 0 Å². The van der Waals surface area contributed by atoms with Crippen molar-refractivity contribution >= 4 is 11.5 Å². The van der Waals surface area contributed by atoms with Crippen molar-refractivity contribution in [1.82, 2.24) is 14.8 Å². The van der Waals surface area contributed by atoms with E-state index < -0.39 is 0 Å². The maximum atomic E-state index is 11.3. The Morgan fingerprint density at radius 1 is 1.09 bits per heavy atom. The molecule has 166 valence electrons. The third-order valence-electron chi connectivity index (χ3n) is 6.09. The number of likely N-dealkylation sites (N-methyl/N-ethyl adjacent to an activating group) is 1. The molecule has 0 aliphatic carbocycles. The molecule has 32 heavy (non-hydrogen) atoms. The SMILES string of the molecule is CN1CCN(Cc2cccc(C#CC=C3CCN(c4ncccc4[N+](=O)[O-])CC3)c2)CC1. The second kappa shape index (κ2) is 10.4. The summed E-state index contributed by atoms with van der Waals surface area (Å²) >= 11 is 0. The van der Waals surface area contributed by atoms with E-state index in [1.165, 1.54) is 17.2 Å². The predicted octanol–water partition coefficient (Wildman–Crippen LogP) is 3.32. The summed E-state index contributed by atoms with van der Waals surface area (Å²) in [5.74, 6) is 6.95. The zero-order chi connectivity index (χ0) is 22.3. The van der Waals surface area contributed by atoms with Gasteiger partial charge >= 0.3 is 5.69 Å². The minimum absolute atomic E-state index is 0.0659. The lowest BCUT2D eigenvalue weighted by Crippen LogP contribution is -2.43. The summed E-state index contributed by atoms with van der Waals surface area (Å²) in [5.41, 5.74) is 3.69. The van der Waals surface area contributed by atoms with Gasteiger partial charge in [-0.25, -0.2) is 4.98 Å². The van der Waals surface area contributed by atoms with E-state index in [0.29, 0.717) is 18.9 Å². The summed E-state index contributed by atoms with van der Waals surface area (Å²) in [6.45, 7) is 6.86. The van der Waals surface area contributed by atoms with Gasteiger partial charge in [0.1, 0.15) is 0 Å². The average molecular weight is 432 g/mol. The zero-order valence-corrected chi connectivity index (χ0v) is 18.5. The van der Waals surface area contributed by atoms with Gasteiger partial charge in [0.15, 0.2) is 0 Å². The van der Waals surface area contributed by atoms with E-state index in [2.05, 4.69) is 57.9 Å². The molecule has 3 heterocycles. The van der Waals surface area contributed by atoms with E-state index in [1.807, 2.05) is 11.0 Å². The molecule has 0 N–H and O–H groups in total. The Balaban J connectivity index is 1.34. The second-order valence-corrected chi connectivity index (χ2v) is 8.44. The van der Waals surface area contributed by atoms with E-state index in [4.69, 9.17) is 0 Å². The predicted molar refractivity (Wildman–Crippen MR) is 127 cm³/mol. The van der Waals surface area contributed by atoms with Crippen LogP contribution in [-0.2, 0) is 6.54 Å². The zero-order valence-electron chi connectivity index (χ0n) is 18.5. The molecule has 0 atom stereocenters. The van der Waals surface area contributed by atoms with Gasteiger partial charge in [-0.05, 0) is 49.7 Å². The van der Waals surface area contributed by atoms with Gasteiger partial charge in [-0.1, -0.05) is 29.5 Å².